The maximum absolute atomic E-state index is 12.2. The van der Waals surface area contributed by atoms with Crippen molar-refractivity contribution in [3.63, 3.8) is 0 Å². The molecule has 2 aromatic heterocycles. The molecule has 0 aliphatic rings. The summed E-state index contributed by atoms with van der Waals surface area (Å²) in [7, 11) is 0. The van der Waals surface area contributed by atoms with Crippen LogP contribution in [-0.2, 0) is 11.3 Å². The molecule has 0 fully saturated rings. The molecule has 3 rings (SSSR count). The van der Waals surface area contributed by atoms with E-state index in [2.05, 4.69) is 22.4 Å². The van der Waals surface area contributed by atoms with Crippen molar-refractivity contribution in [3.8, 4) is 11.4 Å². The fourth-order valence-electron chi connectivity index (χ4n) is 2.63. The third-order valence-corrected chi connectivity index (χ3v) is 4.92. The summed E-state index contributed by atoms with van der Waals surface area (Å²) in [5.41, 5.74) is 1.35. The Balaban J connectivity index is 1.67. The van der Waals surface area contributed by atoms with E-state index < -0.39 is 4.92 Å². The van der Waals surface area contributed by atoms with E-state index >= 15 is 0 Å². The average Bonchev–Trinajstić information content (AvgIpc) is 3.26. The molecule has 1 aromatic carbocycles. The third kappa shape index (κ3) is 4.39. The predicted molar refractivity (Wildman–Crippen MR) is 105 cm³/mol. The maximum atomic E-state index is 12.2. The number of carbonyl (C=O) groups is 1. The van der Waals surface area contributed by atoms with Crippen molar-refractivity contribution in [1.29, 1.82) is 0 Å². The van der Waals surface area contributed by atoms with E-state index in [1.165, 1.54) is 36.0 Å². The van der Waals surface area contributed by atoms with Gasteiger partial charge in [0, 0.05) is 24.4 Å². The van der Waals surface area contributed by atoms with Crippen LogP contribution in [-0.4, -0.2) is 31.3 Å². The quantitative estimate of drug-likeness (QED) is 0.346. The van der Waals surface area contributed by atoms with Gasteiger partial charge in [-0.15, -0.1) is 10.2 Å². The first-order valence-electron chi connectivity index (χ1n) is 8.64. The largest absolute Gasteiger partial charge is 0.469 e. The summed E-state index contributed by atoms with van der Waals surface area (Å²) in [5.74, 6) is 1.39. The van der Waals surface area contributed by atoms with Gasteiger partial charge in [0.25, 0.3) is 5.69 Å². The van der Waals surface area contributed by atoms with Crippen LogP contribution in [0.15, 0.2) is 46.2 Å². The first-order chi connectivity index (χ1) is 13.5. The lowest BCUT2D eigenvalue weighted by Crippen LogP contribution is -2.14. The summed E-state index contributed by atoms with van der Waals surface area (Å²) >= 11 is 1.28. The van der Waals surface area contributed by atoms with Crippen LogP contribution >= 0.6 is 11.8 Å². The zero-order chi connectivity index (χ0) is 20.1. The van der Waals surface area contributed by atoms with E-state index in [1.54, 1.807) is 6.26 Å². The number of anilines is 1. The van der Waals surface area contributed by atoms with Crippen LogP contribution in [0, 0.1) is 17.0 Å². The van der Waals surface area contributed by atoms with E-state index in [4.69, 9.17) is 4.42 Å². The van der Waals surface area contributed by atoms with Crippen molar-refractivity contribution in [1.82, 2.24) is 14.8 Å². The highest BCUT2D eigenvalue weighted by Crippen LogP contribution is 2.27. The van der Waals surface area contributed by atoms with Gasteiger partial charge in [0.15, 0.2) is 11.0 Å². The summed E-state index contributed by atoms with van der Waals surface area (Å²) in [4.78, 5) is 22.4. The molecular formula is C18H19N5O4S. The first-order valence-corrected chi connectivity index (χ1v) is 9.63. The third-order valence-electron chi connectivity index (χ3n) is 3.96. The van der Waals surface area contributed by atoms with Gasteiger partial charge >= 0.3 is 0 Å². The van der Waals surface area contributed by atoms with Gasteiger partial charge in [0.1, 0.15) is 5.76 Å². The predicted octanol–water partition coefficient (Wildman–Crippen LogP) is 3.90. The molecule has 0 unspecified atom stereocenters. The number of amides is 1. The van der Waals surface area contributed by atoms with Crippen LogP contribution in [0.1, 0.15) is 19.1 Å². The van der Waals surface area contributed by atoms with Crippen molar-refractivity contribution < 1.29 is 14.1 Å². The second-order valence-corrected chi connectivity index (χ2v) is 6.93. The molecule has 0 radical (unpaired) electrons. The van der Waals surface area contributed by atoms with Gasteiger partial charge in [-0.05, 0) is 31.5 Å². The summed E-state index contributed by atoms with van der Waals surface area (Å²) < 4.78 is 7.33. The minimum Gasteiger partial charge on any atom is -0.469 e. The number of nitrogens with zero attached hydrogens (tertiary/aromatic N) is 4. The number of carbonyl (C=O) groups excluding carboxylic acids is 1. The number of nitro groups is 1. The number of thioether (sulfide) groups is 1. The highest BCUT2D eigenvalue weighted by atomic mass is 32.2. The highest BCUT2D eigenvalue weighted by Gasteiger charge is 2.18. The molecule has 1 amide bonds. The van der Waals surface area contributed by atoms with Gasteiger partial charge in [-0.25, -0.2) is 0 Å². The Morgan fingerprint density at radius 2 is 2.04 bits per heavy atom. The number of furan rings is 1. The van der Waals surface area contributed by atoms with E-state index in [1.807, 2.05) is 17.6 Å². The molecule has 146 valence electrons. The van der Waals surface area contributed by atoms with Gasteiger partial charge in [-0.2, -0.15) is 0 Å². The Hall–Kier alpha value is -3.14. The summed E-state index contributed by atoms with van der Waals surface area (Å²) in [6.07, 6.45) is 2.50. The van der Waals surface area contributed by atoms with Gasteiger partial charge in [0.2, 0.25) is 5.91 Å². The first kappa shape index (κ1) is 19.6. The van der Waals surface area contributed by atoms with Gasteiger partial charge in [-0.3, -0.25) is 14.9 Å². The molecule has 3 aromatic rings. The smallest absolute Gasteiger partial charge is 0.269 e. The SMILES string of the molecule is CCCn1c(SCC(=O)Nc2ccc([N+](=O)[O-])cc2)nnc1-c1ccoc1C. The molecule has 0 aliphatic heterocycles. The standard InChI is InChI=1S/C18H19N5O4S/c1-3-9-22-17(15-8-10-27-12(15)2)20-21-18(22)28-11-16(24)19-13-4-6-14(7-5-13)23(25)26/h4-8,10H,3,9,11H2,1-2H3,(H,19,24). The van der Waals surface area contributed by atoms with E-state index in [0.717, 1.165) is 24.3 Å². The van der Waals surface area contributed by atoms with Crippen molar-refractivity contribution in [2.24, 2.45) is 0 Å². The molecule has 10 heteroatoms. The maximum Gasteiger partial charge on any atom is 0.269 e. The molecule has 0 saturated heterocycles. The van der Waals surface area contributed by atoms with Gasteiger partial charge < -0.3 is 14.3 Å². The van der Waals surface area contributed by atoms with Crippen molar-refractivity contribution >= 4 is 29.0 Å². The Morgan fingerprint density at radius 3 is 2.64 bits per heavy atom. The van der Waals surface area contributed by atoms with Crippen LogP contribution in [0.25, 0.3) is 11.4 Å². The van der Waals surface area contributed by atoms with Crippen LogP contribution in [0.3, 0.4) is 0 Å². The van der Waals surface area contributed by atoms with Crippen molar-refractivity contribution in [3.05, 3.63) is 52.5 Å². The summed E-state index contributed by atoms with van der Waals surface area (Å²) in [6.45, 7) is 4.64. The number of nitrogens with one attached hydrogen (secondary N) is 1. The van der Waals surface area contributed by atoms with Crippen LogP contribution < -0.4 is 5.32 Å². The van der Waals surface area contributed by atoms with E-state index in [0.29, 0.717) is 16.7 Å². The fourth-order valence-corrected chi connectivity index (χ4v) is 3.40. The molecule has 0 spiro atoms. The molecule has 0 atom stereocenters. The second kappa shape index (κ2) is 8.70. The van der Waals surface area contributed by atoms with Crippen LogP contribution in [0.5, 0.6) is 0 Å². The number of benzene rings is 1. The average molecular weight is 401 g/mol. The normalized spacial score (nSPS) is 10.8. The number of nitro benzene ring substituents is 1. The molecule has 0 aliphatic carbocycles. The number of hydrogen-bond acceptors (Lipinski definition) is 7. The fraction of sp³-hybridized carbons (Fsp3) is 0.278. The molecule has 0 saturated carbocycles. The molecule has 1 N–H and O–H groups in total. The number of aromatic nitrogens is 3. The van der Waals surface area contributed by atoms with E-state index in [-0.39, 0.29) is 17.3 Å². The monoisotopic (exact) mass is 401 g/mol. The topological polar surface area (TPSA) is 116 Å². The molecule has 2 heterocycles. The molecular weight excluding hydrogens is 382 g/mol. The lowest BCUT2D eigenvalue weighted by Gasteiger charge is -2.08. The zero-order valence-corrected chi connectivity index (χ0v) is 16.2. The Bertz CT molecular complexity index is 980. The molecule has 0 bridgehead atoms. The number of aryl methyl sites for hydroxylation is 1. The zero-order valence-electron chi connectivity index (χ0n) is 15.4. The van der Waals surface area contributed by atoms with Crippen molar-refractivity contribution in [2.75, 3.05) is 11.1 Å². The number of non-ortho nitro benzene ring substituents is 1. The van der Waals surface area contributed by atoms with Gasteiger partial charge in [0.05, 0.1) is 22.5 Å². The van der Waals surface area contributed by atoms with Gasteiger partial charge in [-0.1, -0.05) is 18.7 Å². The lowest BCUT2D eigenvalue weighted by molar-refractivity contribution is -0.384. The summed E-state index contributed by atoms with van der Waals surface area (Å²) in [6, 6.07) is 7.54. The molecule has 9 nitrogen and oxygen atoms in total. The second-order valence-electron chi connectivity index (χ2n) is 5.99. The highest BCUT2D eigenvalue weighted by molar-refractivity contribution is 7.99. The minimum atomic E-state index is -0.485. The number of hydrogen-bond donors (Lipinski definition) is 1. The minimum absolute atomic E-state index is 0.0258. The lowest BCUT2D eigenvalue weighted by atomic mass is 10.2. The van der Waals surface area contributed by atoms with E-state index in [9.17, 15) is 14.9 Å². The Labute approximate surface area is 165 Å². The van der Waals surface area contributed by atoms with Crippen LogP contribution in [0.4, 0.5) is 11.4 Å². The van der Waals surface area contributed by atoms with Crippen LogP contribution in [0.2, 0.25) is 0 Å². The Morgan fingerprint density at radius 1 is 1.29 bits per heavy atom. The molecule has 28 heavy (non-hydrogen) atoms. The summed E-state index contributed by atoms with van der Waals surface area (Å²) in [5, 5.41) is 22.5. The van der Waals surface area contributed by atoms with Crippen molar-refractivity contribution in [2.45, 2.75) is 32.0 Å². The Kier molecular flexibility index (Phi) is 6.09. The number of rotatable bonds is 8.